The van der Waals surface area contributed by atoms with Crippen LogP contribution in [0.25, 0.3) is 11.1 Å². The van der Waals surface area contributed by atoms with Gasteiger partial charge in [0, 0.05) is 0 Å². The molecule has 0 heterocycles. The van der Waals surface area contributed by atoms with Crippen molar-refractivity contribution < 1.29 is 44.6 Å². The molecule has 0 atom stereocenters. The SMILES string of the molecule is C=CCCc1ccc(C(F)(F)Oc2ccc3c(c2F)C(F)(F)C(F)(F)c2c-3ccc(OCC)c2F)cc1. The van der Waals surface area contributed by atoms with Crippen molar-refractivity contribution >= 4 is 0 Å². The van der Waals surface area contributed by atoms with E-state index in [-0.39, 0.29) is 6.61 Å². The molecule has 37 heavy (non-hydrogen) atoms. The van der Waals surface area contributed by atoms with Gasteiger partial charge in [-0.05, 0) is 72.9 Å². The Kier molecular flexibility index (Phi) is 6.73. The molecule has 0 saturated heterocycles. The average molecular weight is 528 g/mol. The predicted molar refractivity (Wildman–Crippen MR) is 120 cm³/mol. The molecule has 0 spiro atoms. The topological polar surface area (TPSA) is 18.5 Å². The second-order valence-corrected chi connectivity index (χ2v) is 8.33. The van der Waals surface area contributed by atoms with Crippen LogP contribution in [-0.2, 0) is 24.4 Å². The van der Waals surface area contributed by atoms with Crippen molar-refractivity contribution in [1.29, 1.82) is 0 Å². The molecule has 3 aromatic carbocycles. The van der Waals surface area contributed by atoms with Gasteiger partial charge in [0.25, 0.3) is 0 Å². The van der Waals surface area contributed by atoms with Gasteiger partial charge in [0.1, 0.15) is 0 Å². The lowest BCUT2D eigenvalue weighted by Crippen LogP contribution is -2.41. The summed E-state index contributed by atoms with van der Waals surface area (Å²) in [4.78, 5) is 0. The van der Waals surface area contributed by atoms with Gasteiger partial charge in [-0.3, -0.25) is 0 Å². The maximum absolute atomic E-state index is 15.2. The van der Waals surface area contributed by atoms with Crippen LogP contribution in [0.1, 0.15) is 35.6 Å². The summed E-state index contributed by atoms with van der Waals surface area (Å²) < 4.78 is 129. The fourth-order valence-corrected chi connectivity index (χ4v) is 4.17. The molecule has 0 unspecified atom stereocenters. The number of fused-ring (bicyclic) bond motifs is 3. The summed E-state index contributed by atoms with van der Waals surface area (Å²) in [5.41, 5.74) is -5.06. The quantitative estimate of drug-likeness (QED) is 0.216. The summed E-state index contributed by atoms with van der Waals surface area (Å²) in [6.45, 7) is 4.87. The Bertz CT molecular complexity index is 1330. The minimum Gasteiger partial charge on any atom is -0.491 e. The highest BCUT2D eigenvalue weighted by Gasteiger charge is 2.65. The first kappa shape index (κ1) is 26.5. The van der Waals surface area contributed by atoms with Gasteiger partial charge in [0.15, 0.2) is 23.1 Å². The predicted octanol–water partition coefficient (Wildman–Crippen LogP) is 8.47. The lowest BCUT2D eigenvalue weighted by atomic mass is 9.79. The van der Waals surface area contributed by atoms with Crippen LogP contribution in [0, 0.1) is 11.6 Å². The third-order valence-corrected chi connectivity index (χ3v) is 5.99. The molecule has 0 aliphatic heterocycles. The molecule has 0 aromatic heterocycles. The molecule has 2 nitrogen and oxygen atoms in total. The zero-order chi connectivity index (χ0) is 27.2. The van der Waals surface area contributed by atoms with E-state index in [1.165, 1.54) is 19.1 Å². The molecule has 0 radical (unpaired) electrons. The molecule has 1 aliphatic rings. The van der Waals surface area contributed by atoms with E-state index in [1.54, 1.807) is 6.08 Å². The van der Waals surface area contributed by atoms with E-state index in [1.807, 2.05) is 0 Å². The first-order chi connectivity index (χ1) is 17.4. The molecule has 0 bridgehead atoms. The number of halogens is 8. The van der Waals surface area contributed by atoms with Crippen LogP contribution in [0.2, 0.25) is 0 Å². The molecule has 1 aliphatic carbocycles. The first-order valence-electron chi connectivity index (χ1n) is 11.2. The van der Waals surface area contributed by atoms with Crippen LogP contribution in [0.5, 0.6) is 11.5 Å². The number of benzene rings is 3. The maximum atomic E-state index is 15.2. The number of hydrogen-bond acceptors (Lipinski definition) is 2. The minimum atomic E-state index is -5.30. The number of rotatable bonds is 8. The van der Waals surface area contributed by atoms with Crippen molar-refractivity contribution in [1.82, 2.24) is 0 Å². The summed E-state index contributed by atoms with van der Waals surface area (Å²) in [6, 6.07) is 7.96. The number of alkyl halides is 6. The van der Waals surface area contributed by atoms with Crippen molar-refractivity contribution in [3.8, 4) is 22.6 Å². The maximum Gasteiger partial charge on any atom is 0.426 e. The summed E-state index contributed by atoms with van der Waals surface area (Å²) in [6.07, 6.45) is -1.40. The van der Waals surface area contributed by atoms with Gasteiger partial charge in [0.05, 0.1) is 23.3 Å². The van der Waals surface area contributed by atoms with E-state index < -0.39 is 68.9 Å². The molecule has 4 rings (SSSR count). The fourth-order valence-electron chi connectivity index (χ4n) is 4.17. The molecule has 3 aromatic rings. The zero-order valence-electron chi connectivity index (χ0n) is 19.4. The highest BCUT2D eigenvalue weighted by molar-refractivity contribution is 5.78. The molecule has 196 valence electrons. The third-order valence-electron chi connectivity index (χ3n) is 5.99. The molecule has 0 N–H and O–H groups in total. The van der Waals surface area contributed by atoms with Crippen molar-refractivity contribution in [2.24, 2.45) is 0 Å². The van der Waals surface area contributed by atoms with E-state index >= 15 is 13.2 Å². The smallest absolute Gasteiger partial charge is 0.426 e. The molecule has 10 heteroatoms. The molecule has 0 saturated carbocycles. The van der Waals surface area contributed by atoms with Gasteiger partial charge in [-0.15, -0.1) is 6.58 Å². The minimum absolute atomic E-state index is 0.130. The average Bonchev–Trinajstić information content (AvgIpc) is 2.84. The molecular weight excluding hydrogens is 508 g/mol. The van der Waals surface area contributed by atoms with E-state index in [9.17, 15) is 22.0 Å². The number of aryl methyl sites for hydroxylation is 1. The molecule has 0 amide bonds. The summed E-state index contributed by atoms with van der Waals surface area (Å²) in [5, 5.41) is 0. The van der Waals surface area contributed by atoms with E-state index in [0.717, 1.165) is 24.3 Å². The van der Waals surface area contributed by atoms with Gasteiger partial charge in [0.2, 0.25) is 0 Å². The van der Waals surface area contributed by atoms with Crippen LogP contribution in [0.3, 0.4) is 0 Å². The van der Waals surface area contributed by atoms with Gasteiger partial charge in [-0.1, -0.05) is 18.2 Å². The van der Waals surface area contributed by atoms with Gasteiger partial charge in [-0.25, -0.2) is 8.78 Å². The van der Waals surface area contributed by atoms with Crippen LogP contribution in [-0.4, -0.2) is 6.61 Å². The largest absolute Gasteiger partial charge is 0.491 e. The Morgan fingerprint density at radius 2 is 1.32 bits per heavy atom. The first-order valence-corrected chi connectivity index (χ1v) is 11.2. The second kappa shape index (κ2) is 9.39. The van der Waals surface area contributed by atoms with E-state index in [4.69, 9.17) is 4.74 Å². The number of ether oxygens (including phenoxy) is 2. The highest BCUT2D eigenvalue weighted by Crippen LogP contribution is 2.60. The van der Waals surface area contributed by atoms with E-state index in [0.29, 0.717) is 30.5 Å². The van der Waals surface area contributed by atoms with Crippen molar-refractivity contribution in [3.63, 3.8) is 0 Å². The van der Waals surface area contributed by atoms with Gasteiger partial charge < -0.3 is 9.47 Å². The fraction of sp³-hybridized carbons (Fsp3) is 0.259. The summed E-state index contributed by atoms with van der Waals surface area (Å²) in [7, 11) is 0. The Labute approximate surface area is 207 Å². The Hall–Kier alpha value is -3.56. The van der Waals surface area contributed by atoms with Crippen LogP contribution >= 0.6 is 0 Å². The lowest BCUT2D eigenvalue weighted by molar-refractivity contribution is -0.228. The van der Waals surface area contributed by atoms with Crippen LogP contribution in [0.15, 0.2) is 61.2 Å². The van der Waals surface area contributed by atoms with Gasteiger partial charge >= 0.3 is 18.0 Å². The summed E-state index contributed by atoms with van der Waals surface area (Å²) in [5.74, 6) is -16.4. The second-order valence-electron chi connectivity index (χ2n) is 8.33. The Morgan fingerprint density at radius 3 is 1.84 bits per heavy atom. The third kappa shape index (κ3) is 4.32. The number of allylic oxidation sites excluding steroid dienone is 1. The van der Waals surface area contributed by atoms with Crippen molar-refractivity contribution in [2.75, 3.05) is 6.61 Å². The zero-order valence-corrected chi connectivity index (χ0v) is 19.4. The van der Waals surface area contributed by atoms with E-state index in [2.05, 4.69) is 11.3 Å². The van der Waals surface area contributed by atoms with Crippen LogP contribution in [0.4, 0.5) is 35.1 Å². The monoisotopic (exact) mass is 528 g/mol. The number of hydrogen-bond donors (Lipinski definition) is 0. The van der Waals surface area contributed by atoms with Crippen molar-refractivity contribution in [2.45, 2.75) is 37.7 Å². The standard InChI is InChI=1S/C27H20F8O2/c1-3-5-6-15-7-9-16(10-8-15)27(34,35)37-20-14-12-18-17-11-13-19(36-4-2)23(28)21(17)25(30,31)26(32,33)22(18)24(20)29/h3,7-14H,1,4-6H2,2H3. The normalized spacial score (nSPS) is 15.5. The van der Waals surface area contributed by atoms with Gasteiger partial charge in [-0.2, -0.15) is 26.3 Å². The Morgan fingerprint density at radius 1 is 0.811 bits per heavy atom. The Balaban J connectivity index is 1.78. The van der Waals surface area contributed by atoms with Crippen LogP contribution < -0.4 is 9.47 Å². The lowest BCUT2D eigenvalue weighted by Gasteiger charge is -2.35. The summed E-state index contributed by atoms with van der Waals surface area (Å²) >= 11 is 0. The highest BCUT2D eigenvalue weighted by atomic mass is 19.3. The molecular formula is C27H20F8O2. The van der Waals surface area contributed by atoms with Crippen molar-refractivity contribution in [3.05, 3.63) is 95.1 Å². The molecule has 0 fully saturated rings.